The standard InChI is InChI=1S/C16H23NO4/c1-3-14-11-21-12(2)10-17(14)7-8-20-15-6-4-5-13(9-15)16(18)19/h4-6,9,12,14H,3,7-8,10-11H2,1-2H3,(H,18,19). The summed E-state index contributed by atoms with van der Waals surface area (Å²) in [5.41, 5.74) is 0.249. The zero-order valence-electron chi connectivity index (χ0n) is 12.6. The van der Waals surface area contributed by atoms with E-state index in [-0.39, 0.29) is 11.7 Å². The molecule has 0 radical (unpaired) electrons. The van der Waals surface area contributed by atoms with Crippen molar-refractivity contribution in [3.05, 3.63) is 29.8 Å². The van der Waals surface area contributed by atoms with Crippen LogP contribution in [-0.2, 0) is 4.74 Å². The fourth-order valence-electron chi connectivity index (χ4n) is 2.56. The lowest BCUT2D eigenvalue weighted by atomic mass is 10.1. The molecule has 0 spiro atoms. The lowest BCUT2D eigenvalue weighted by Crippen LogP contribution is -2.49. The average molecular weight is 293 g/mol. The molecule has 0 bridgehead atoms. The molecule has 1 aromatic carbocycles. The lowest BCUT2D eigenvalue weighted by molar-refractivity contribution is -0.0586. The second-order valence-electron chi connectivity index (χ2n) is 5.38. The zero-order valence-corrected chi connectivity index (χ0v) is 12.6. The van der Waals surface area contributed by atoms with Crippen LogP contribution in [-0.4, -0.2) is 54.4 Å². The molecule has 1 N–H and O–H groups in total. The van der Waals surface area contributed by atoms with Crippen LogP contribution in [0.4, 0.5) is 0 Å². The molecule has 1 heterocycles. The summed E-state index contributed by atoms with van der Waals surface area (Å²) in [5, 5.41) is 8.96. The second kappa shape index (κ2) is 7.43. The van der Waals surface area contributed by atoms with Crippen molar-refractivity contribution in [3.63, 3.8) is 0 Å². The van der Waals surface area contributed by atoms with E-state index in [0.29, 0.717) is 18.4 Å². The first-order valence-corrected chi connectivity index (χ1v) is 7.42. The Hall–Kier alpha value is -1.59. The summed E-state index contributed by atoms with van der Waals surface area (Å²) in [5.74, 6) is -0.335. The van der Waals surface area contributed by atoms with E-state index in [9.17, 15) is 4.79 Å². The zero-order chi connectivity index (χ0) is 15.2. The minimum Gasteiger partial charge on any atom is -0.492 e. The van der Waals surface area contributed by atoms with E-state index in [1.165, 1.54) is 0 Å². The Morgan fingerprint density at radius 1 is 1.52 bits per heavy atom. The summed E-state index contributed by atoms with van der Waals surface area (Å²) in [6.45, 7) is 7.29. The Bertz CT molecular complexity index is 477. The molecule has 2 rings (SSSR count). The van der Waals surface area contributed by atoms with Crippen LogP contribution < -0.4 is 4.74 Å². The topological polar surface area (TPSA) is 59.0 Å². The number of ether oxygens (including phenoxy) is 2. The molecule has 5 heteroatoms. The second-order valence-corrected chi connectivity index (χ2v) is 5.38. The SMILES string of the molecule is CCC1COC(C)CN1CCOc1cccc(C(=O)O)c1. The van der Waals surface area contributed by atoms with Crippen LogP contribution in [0.25, 0.3) is 0 Å². The van der Waals surface area contributed by atoms with Gasteiger partial charge in [0.25, 0.3) is 0 Å². The fourth-order valence-corrected chi connectivity index (χ4v) is 2.56. The highest BCUT2D eigenvalue weighted by Crippen LogP contribution is 2.16. The van der Waals surface area contributed by atoms with Gasteiger partial charge in [0.1, 0.15) is 12.4 Å². The molecular weight excluding hydrogens is 270 g/mol. The molecule has 0 saturated carbocycles. The molecule has 1 fully saturated rings. The van der Waals surface area contributed by atoms with Crippen molar-refractivity contribution in [2.45, 2.75) is 32.4 Å². The molecule has 0 aliphatic carbocycles. The number of aromatic carboxylic acids is 1. The van der Waals surface area contributed by atoms with Crippen LogP contribution in [0, 0.1) is 0 Å². The molecule has 0 amide bonds. The Morgan fingerprint density at radius 3 is 3.05 bits per heavy atom. The Kier molecular flexibility index (Phi) is 5.59. The van der Waals surface area contributed by atoms with Crippen molar-refractivity contribution in [1.29, 1.82) is 0 Å². The molecule has 2 unspecified atom stereocenters. The maximum atomic E-state index is 10.9. The first-order valence-electron chi connectivity index (χ1n) is 7.42. The average Bonchev–Trinajstić information content (AvgIpc) is 2.48. The van der Waals surface area contributed by atoms with E-state index >= 15 is 0 Å². The van der Waals surface area contributed by atoms with E-state index in [4.69, 9.17) is 14.6 Å². The third-order valence-electron chi connectivity index (χ3n) is 3.78. The predicted octanol–water partition coefficient (Wildman–Crippen LogP) is 2.26. The van der Waals surface area contributed by atoms with Crippen molar-refractivity contribution in [3.8, 4) is 5.75 Å². The minimum atomic E-state index is -0.937. The van der Waals surface area contributed by atoms with Gasteiger partial charge in [0.05, 0.1) is 18.3 Å². The van der Waals surface area contributed by atoms with Crippen molar-refractivity contribution in [1.82, 2.24) is 4.90 Å². The first kappa shape index (κ1) is 15.8. The van der Waals surface area contributed by atoms with Crippen LogP contribution in [0.2, 0.25) is 0 Å². The minimum absolute atomic E-state index is 0.249. The normalized spacial score (nSPS) is 23.0. The molecule has 1 aliphatic rings. The van der Waals surface area contributed by atoms with E-state index < -0.39 is 5.97 Å². The highest BCUT2D eigenvalue weighted by atomic mass is 16.5. The van der Waals surface area contributed by atoms with Crippen LogP contribution in [0.1, 0.15) is 30.6 Å². The molecule has 116 valence electrons. The van der Waals surface area contributed by atoms with Crippen LogP contribution in [0.5, 0.6) is 5.75 Å². The smallest absolute Gasteiger partial charge is 0.335 e. The van der Waals surface area contributed by atoms with Gasteiger partial charge in [-0.2, -0.15) is 0 Å². The molecular formula is C16H23NO4. The maximum Gasteiger partial charge on any atom is 0.335 e. The Balaban J connectivity index is 1.85. The molecule has 0 aromatic heterocycles. The number of rotatable bonds is 6. The van der Waals surface area contributed by atoms with Gasteiger partial charge in [0.15, 0.2) is 0 Å². The predicted molar refractivity (Wildman–Crippen MR) is 80.0 cm³/mol. The van der Waals surface area contributed by atoms with Crippen LogP contribution in [0.3, 0.4) is 0 Å². The number of nitrogens with zero attached hydrogens (tertiary/aromatic N) is 1. The van der Waals surface area contributed by atoms with Gasteiger partial charge in [-0.25, -0.2) is 4.79 Å². The number of carbonyl (C=O) groups is 1. The molecule has 2 atom stereocenters. The van der Waals surface area contributed by atoms with E-state index in [0.717, 1.165) is 26.1 Å². The van der Waals surface area contributed by atoms with Crippen molar-refractivity contribution >= 4 is 5.97 Å². The third-order valence-corrected chi connectivity index (χ3v) is 3.78. The van der Waals surface area contributed by atoms with Gasteiger partial charge >= 0.3 is 5.97 Å². The number of hydrogen-bond acceptors (Lipinski definition) is 4. The van der Waals surface area contributed by atoms with Gasteiger partial charge in [-0.1, -0.05) is 13.0 Å². The van der Waals surface area contributed by atoms with Gasteiger partial charge in [-0.05, 0) is 31.5 Å². The summed E-state index contributed by atoms with van der Waals surface area (Å²) in [7, 11) is 0. The lowest BCUT2D eigenvalue weighted by Gasteiger charge is -2.38. The Labute approximate surface area is 125 Å². The van der Waals surface area contributed by atoms with E-state index in [2.05, 4.69) is 18.7 Å². The summed E-state index contributed by atoms with van der Waals surface area (Å²) in [6, 6.07) is 7.04. The molecule has 1 aromatic rings. The number of benzene rings is 1. The summed E-state index contributed by atoms with van der Waals surface area (Å²) in [6.07, 6.45) is 1.31. The number of carboxylic acid groups (broad SMARTS) is 1. The number of morpholine rings is 1. The quantitative estimate of drug-likeness (QED) is 0.872. The van der Waals surface area contributed by atoms with Gasteiger partial charge < -0.3 is 14.6 Å². The molecule has 1 saturated heterocycles. The largest absolute Gasteiger partial charge is 0.492 e. The van der Waals surface area contributed by atoms with Crippen LogP contribution >= 0.6 is 0 Å². The molecule has 5 nitrogen and oxygen atoms in total. The first-order chi connectivity index (χ1) is 10.1. The van der Waals surface area contributed by atoms with Gasteiger partial charge in [0.2, 0.25) is 0 Å². The van der Waals surface area contributed by atoms with Gasteiger partial charge in [-0.3, -0.25) is 4.90 Å². The highest BCUT2D eigenvalue weighted by Gasteiger charge is 2.25. The summed E-state index contributed by atoms with van der Waals surface area (Å²) >= 11 is 0. The van der Waals surface area contributed by atoms with Crippen LogP contribution in [0.15, 0.2) is 24.3 Å². The molecule has 1 aliphatic heterocycles. The number of hydrogen-bond donors (Lipinski definition) is 1. The van der Waals surface area contributed by atoms with Crippen molar-refractivity contribution in [2.75, 3.05) is 26.3 Å². The van der Waals surface area contributed by atoms with E-state index in [1.54, 1.807) is 24.3 Å². The molecule has 21 heavy (non-hydrogen) atoms. The summed E-state index contributed by atoms with van der Waals surface area (Å²) in [4.78, 5) is 13.3. The van der Waals surface area contributed by atoms with Crippen molar-refractivity contribution in [2.24, 2.45) is 0 Å². The van der Waals surface area contributed by atoms with Gasteiger partial charge in [-0.15, -0.1) is 0 Å². The maximum absolute atomic E-state index is 10.9. The van der Waals surface area contributed by atoms with Crippen molar-refractivity contribution < 1.29 is 19.4 Å². The highest BCUT2D eigenvalue weighted by molar-refractivity contribution is 5.87. The van der Waals surface area contributed by atoms with Gasteiger partial charge in [0, 0.05) is 19.1 Å². The monoisotopic (exact) mass is 293 g/mol. The fraction of sp³-hybridized carbons (Fsp3) is 0.562. The number of carboxylic acids is 1. The summed E-state index contributed by atoms with van der Waals surface area (Å²) < 4.78 is 11.4. The van der Waals surface area contributed by atoms with E-state index in [1.807, 2.05) is 0 Å². The third kappa shape index (κ3) is 4.44. The Morgan fingerprint density at radius 2 is 2.33 bits per heavy atom.